The minimum Gasteiger partial charge on any atom is -0.481 e. The Balaban J connectivity index is 1.12. The maximum Gasteiger partial charge on any atom is 0.235 e. The Hall–Kier alpha value is -2.82. The highest BCUT2D eigenvalue weighted by Crippen LogP contribution is 2.29. The molecule has 34 heavy (non-hydrogen) atoms. The number of anilines is 1. The van der Waals surface area contributed by atoms with Crippen LogP contribution in [0.1, 0.15) is 17.7 Å². The number of hydrogen-bond acceptors (Lipinski definition) is 8. The highest BCUT2D eigenvalue weighted by molar-refractivity contribution is 8.00. The predicted octanol–water partition coefficient (Wildman–Crippen LogP) is 2.87. The monoisotopic (exact) mass is 482 g/mol. The first-order valence-corrected chi connectivity index (χ1v) is 12.4. The van der Waals surface area contributed by atoms with E-state index >= 15 is 0 Å². The van der Waals surface area contributed by atoms with Crippen LogP contribution in [-0.2, 0) is 17.8 Å². The first-order valence-electron chi connectivity index (χ1n) is 11.4. The van der Waals surface area contributed by atoms with Crippen LogP contribution >= 0.6 is 11.8 Å². The van der Waals surface area contributed by atoms with Crippen LogP contribution in [0, 0.1) is 11.7 Å². The minimum absolute atomic E-state index is 0.00396. The number of fused-ring (bicyclic) bond motifs is 2. The number of ether oxygens (including phenoxy) is 1. The van der Waals surface area contributed by atoms with Gasteiger partial charge in [-0.1, -0.05) is 0 Å². The molecule has 0 unspecified atom stereocenters. The Bertz CT molecular complexity index is 1210. The molecule has 1 saturated heterocycles. The van der Waals surface area contributed by atoms with Gasteiger partial charge in [-0.15, -0.1) is 11.8 Å². The predicted molar refractivity (Wildman–Crippen MR) is 130 cm³/mol. The Morgan fingerprint density at radius 2 is 2.21 bits per heavy atom. The SMILES string of the molecule is COc1ccc2ncc(F)c(CCN3CC[C@H](CNCc4ccc5c(n4)NC(=O)CS5)C3)c2n1. The topological polar surface area (TPSA) is 92.3 Å². The molecular weight excluding hydrogens is 455 g/mol. The van der Waals surface area contributed by atoms with E-state index in [0.717, 1.165) is 43.2 Å². The van der Waals surface area contributed by atoms with Crippen LogP contribution in [0.2, 0.25) is 0 Å². The van der Waals surface area contributed by atoms with Crippen molar-refractivity contribution in [2.45, 2.75) is 24.3 Å². The van der Waals surface area contributed by atoms with Gasteiger partial charge in [-0.05, 0) is 50.0 Å². The number of methoxy groups -OCH3 is 1. The Labute approximate surface area is 201 Å². The lowest BCUT2D eigenvalue weighted by Gasteiger charge is -2.18. The van der Waals surface area contributed by atoms with E-state index in [-0.39, 0.29) is 11.7 Å². The van der Waals surface area contributed by atoms with Crippen LogP contribution in [0.25, 0.3) is 11.0 Å². The van der Waals surface area contributed by atoms with Gasteiger partial charge in [-0.3, -0.25) is 9.78 Å². The second-order valence-corrected chi connectivity index (χ2v) is 9.65. The largest absolute Gasteiger partial charge is 0.481 e. The summed E-state index contributed by atoms with van der Waals surface area (Å²) in [7, 11) is 1.55. The molecule has 3 aromatic heterocycles. The molecule has 0 radical (unpaired) electrons. The van der Waals surface area contributed by atoms with Crippen molar-refractivity contribution in [2.24, 2.45) is 5.92 Å². The second kappa shape index (κ2) is 10.2. The molecule has 1 fully saturated rings. The smallest absolute Gasteiger partial charge is 0.235 e. The number of aromatic nitrogens is 3. The van der Waals surface area contributed by atoms with Crippen molar-refractivity contribution in [2.75, 3.05) is 44.4 Å². The van der Waals surface area contributed by atoms with Crippen molar-refractivity contribution in [1.82, 2.24) is 25.2 Å². The number of likely N-dealkylation sites (tertiary alicyclic amines) is 1. The first-order chi connectivity index (χ1) is 16.6. The molecular formula is C24H27FN6O2S. The van der Waals surface area contributed by atoms with E-state index in [1.807, 2.05) is 18.2 Å². The summed E-state index contributed by atoms with van der Waals surface area (Å²) in [4.78, 5) is 28.1. The molecule has 5 rings (SSSR count). The molecule has 0 saturated carbocycles. The zero-order valence-electron chi connectivity index (χ0n) is 19.0. The summed E-state index contributed by atoms with van der Waals surface area (Å²) in [5.41, 5.74) is 2.76. The third-order valence-electron chi connectivity index (χ3n) is 6.27. The number of carbonyl (C=O) groups excluding carboxylic acids is 1. The molecule has 3 aromatic rings. The molecule has 178 valence electrons. The molecule has 0 bridgehead atoms. The van der Waals surface area contributed by atoms with Crippen LogP contribution in [-0.4, -0.2) is 64.8 Å². The normalized spacial score (nSPS) is 18.2. The van der Waals surface area contributed by atoms with Gasteiger partial charge in [0, 0.05) is 31.3 Å². The van der Waals surface area contributed by atoms with Crippen LogP contribution in [0.5, 0.6) is 5.88 Å². The molecule has 8 nitrogen and oxygen atoms in total. The van der Waals surface area contributed by atoms with Crippen molar-refractivity contribution >= 4 is 34.5 Å². The van der Waals surface area contributed by atoms with E-state index < -0.39 is 0 Å². The number of halogens is 1. The fraction of sp³-hybridized carbons (Fsp3) is 0.417. The summed E-state index contributed by atoms with van der Waals surface area (Å²) in [6.45, 7) is 4.29. The van der Waals surface area contributed by atoms with Gasteiger partial charge in [0.05, 0.1) is 40.7 Å². The van der Waals surface area contributed by atoms with Gasteiger partial charge in [-0.2, -0.15) is 0 Å². The van der Waals surface area contributed by atoms with Crippen molar-refractivity contribution < 1.29 is 13.9 Å². The highest BCUT2D eigenvalue weighted by Gasteiger charge is 2.23. The lowest BCUT2D eigenvalue weighted by molar-refractivity contribution is -0.113. The zero-order valence-corrected chi connectivity index (χ0v) is 19.8. The van der Waals surface area contributed by atoms with E-state index in [1.54, 1.807) is 13.2 Å². The van der Waals surface area contributed by atoms with Gasteiger partial charge >= 0.3 is 0 Å². The molecule has 2 aliphatic heterocycles. The average molecular weight is 483 g/mol. The second-order valence-electron chi connectivity index (χ2n) is 8.63. The summed E-state index contributed by atoms with van der Waals surface area (Å²) in [6.07, 6.45) is 2.96. The van der Waals surface area contributed by atoms with Gasteiger partial charge in [0.1, 0.15) is 11.6 Å². The summed E-state index contributed by atoms with van der Waals surface area (Å²) in [5.74, 6) is 1.77. The number of nitrogens with zero attached hydrogens (tertiary/aromatic N) is 4. The standard InChI is InChI=1S/C24H27FN6O2S/c1-33-22-5-3-19-23(30-22)17(18(25)12-27-19)7-9-31-8-6-15(13-31)10-26-11-16-2-4-20-24(28-16)29-21(32)14-34-20/h2-5,12,15,26H,6-11,13-14H2,1H3,(H,28,29,32)/t15-/m1/s1. The van der Waals surface area contributed by atoms with Crippen molar-refractivity contribution in [3.63, 3.8) is 0 Å². The molecule has 0 aromatic carbocycles. The van der Waals surface area contributed by atoms with Gasteiger partial charge in [0.25, 0.3) is 0 Å². The van der Waals surface area contributed by atoms with E-state index in [9.17, 15) is 9.18 Å². The van der Waals surface area contributed by atoms with Crippen LogP contribution in [0.3, 0.4) is 0 Å². The zero-order chi connectivity index (χ0) is 23.5. The molecule has 2 N–H and O–H groups in total. The fourth-order valence-corrected chi connectivity index (χ4v) is 5.24. The number of rotatable bonds is 8. The Morgan fingerprint density at radius 1 is 1.29 bits per heavy atom. The van der Waals surface area contributed by atoms with Crippen molar-refractivity contribution in [3.8, 4) is 5.88 Å². The van der Waals surface area contributed by atoms with Crippen molar-refractivity contribution in [1.29, 1.82) is 0 Å². The molecule has 1 amide bonds. The van der Waals surface area contributed by atoms with Crippen LogP contribution in [0.4, 0.5) is 10.2 Å². The highest BCUT2D eigenvalue weighted by atomic mass is 32.2. The Morgan fingerprint density at radius 3 is 3.09 bits per heavy atom. The fourth-order valence-electron chi connectivity index (χ4n) is 4.49. The summed E-state index contributed by atoms with van der Waals surface area (Å²) >= 11 is 1.52. The first kappa shape index (κ1) is 22.9. The lowest BCUT2D eigenvalue weighted by atomic mass is 10.1. The van der Waals surface area contributed by atoms with Gasteiger partial charge < -0.3 is 20.3 Å². The molecule has 1 atom stereocenters. The van der Waals surface area contributed by atoms with Gasteiger partial charge in [0.2, 0.25) is 11.8 Å². The molecule has 2 aliphatic rings. The molecule has 5 heterocycles. The number of thioether (sulfide) groups is 1. The van der Waals surface area contributed by atoms with E-state index in [1.165, 1.54) is 18.0 Å². The van der Waals surface area contributed by atoms with E-state index in [4.69, 9.17) is 4.74 Å². The van der Waals surface area contributed by atoms with Crippen LogP contribution < -0.4 is 15.4 Å². The molecule has 10 heteroatoms. The van der Waals surface area contributed by atoms with Gasteiger partial charge in [0.15, 0.2) is 0 Å². The lowest BCUT2D eigenvalue weighted by Crippen LogP contribution is -2.28. The van der Waals surface area contributed by atoms with E-state index in [2.05, 4.69) is 30.5 Å². The van der Waals surface area contributed by atoms with Crippen molar-refractivity contribution in [3.05, 3.63) is 47.5 Å². The third kappa shape index (κ3) is 5.13. The van der Waals surface area contributed by atoms with Gasteiger partial charge in [-0.25, -0.2) is 14.4 Å². The molecule has 0 aliphatic carbocycles. The summed E-state index contributed by atoms with van der Waals surface area (Å²) < 4.78 is 19.8. The minimum atomic E-state index is -0.321. The maximum atomic E-state index is 14.6. The summed E-state index contributed by atoms with van der Waals surface area (Å²) in [5, 5.41) is 6.34. The summed E-state index contributed by atoms with van der Waals surface area (Å²) in [6, 6.07) is 7.58. The number of amides is 1. The Kier molecular flexibility index (Phi) is 6.89. The average Bonchev–Trinajstić information content (AvgIpc) is 3.30. The number of carbonyl (C=O) groups is 1. The van der Waals surface area contributed by atoms with Crippen LogP contribution in [0.15, 0.2) is 35.4 Å². The number of nitrogens with one attached hydrogen (secondary N) is 2. The third-order valence-corrected chi connectivity index (χ3v) is 7.32. The number of hydrogen-bond donors (Lipinski definition) is 2. The molecule has 0 spiro atoms. The quantitative estimate of drug-likeness (QED) is 0.507. The maximum absolute atomic E-state index is 14.6. The van der Waals surface area contributed by atoms with E-state index in [0.29, 0.717) is 52.9 Å². The number of pyridine rings is 3.